The van der Waals surface area contributed by atoms with E-state index >= 15 is 0 Å². The van der Waals surface area contributed by atoms with Crippen molar-refractivity contribution in [2.75, 3.05) is 17.1 Å². The molecule has 0 radical (unpaired) electrons. The van der Waals surface area contributed by atoms with Crippen molar-refractivity contribution in [3.63, 3.8) is 0 Å². The largest absolute Gasteiger partial charge is 0.497 e. The van der Waals surface area contributed by atoms with Gasteiger partial charge in [0.05, 0.1) is 39.6 Å². The van der Waals surface area contributed by atoms with Gasteiger partial charge in [0.25, 0.3) is 15.9 Å². The summed E-state index contributed by atoms with van der Waals surface area (Å²) in [4.78, 5) is 18.0. The Kier molecular flexibility index (Phi) is 7.43. The van der Waals surface area contributed by atoms with Crippen LogP contribution in [0, 0.1) is 0 Å². The van der Waals surface area contributed by atoms with Crippen molar-refractivity contribution >= 4 is 61.4 Å². The van der Waals surface area contributed by atoms with E-state index < -0.39 is 15.9 Å². The van der Waals surface area contributed by atoms with Gasteiger partial charge in [0, 0.05) is 16.6 Å². The number of para-hydroxylation sites is 2. The molecule has 0 bridgehead atoms. The van der Waals surface area contributed by atoms with Gasteiger partial charge < -0.3 is 10.1 Å². The van der Waals surface area contributed by atoms with Gasteiger partial charge in [-0.05, 0) is 66.7 Å². The molecule has 1 heterocycles. The monoisotopic (exact) mass is 577 g/mol. The summed E-state index contributed by atoms with van der Waals surface area (Å²) < 4.78 is 33.9. The van der Waals surface area contributed by atoms with Crippen molar-refractivity contribution in [3.05, 3.63) is 113 Å². The van der Waals surface area contributed by atoms with E-state index in [1.54, 1.807) is 37.4 Å². The van der Waals surface area contributed by atoms with E-state index in [0.29, 0.717) is 27.9 Å². The Morgan fingerprint density at radius 1 is 0.846 bits per heavy atom. The first-order valence-electron chi connectivity index (χ1n) is 11.7. The zero-order chi connectivity index (χ0) is 27.6. The minimum atomic E-state index is -4.11. The normalized spacial score (nSPS) is 11.3. The number of hydrogen-bond donors (Lipinski definition) is 2. The van der Waals surface area contributed by atoms with E-state index in [2.05, 4.69) is 10.0 Å². The van der Waals surface area contributed by atoms with E-state index in [1.165, 1.54) is 24.3 Å². The van der Waals surface area contributed by atoms with Crippen LogP contribution in [0.3, 0.4) is 0 Å². The first-order valence-corrected chi connectivity index (χ1v) is 13.9. The van der Waals surface area contributed by atoms with Crippen LogP contribution in [0.4, 0.5) is 11.4 Å². The highest BCUT2D eigenvalue weighted by molar-refractivity contribution is 7.92. The van der Waals surface area contributed by atoms with Crippen molar-refractivity contribution in [2.24, 2.45) is 0 Å². The van der Waals surface area contributed by atoms with E-state index in [1.807, 2.05) is 42.5 Å². The molecule has 0 atom stereocenters. The number of rotatable bonds is 7. The highest BCUT2D eigenvalue weighted by Crippen LogP contribution is 2.31. The number of carbonyl (C=O) groups excluding carboxylic acids is 1. The van der Waals surface area contributed by atoms with Crippen molar-refractivity contribution in [3.8, 4) is 17.0 Å². The fourth-order valence-electron chi connectivity index (χ4n) is 4.00. The average molecular weight is 578 g/mol. The second-order valence-electron chi connectivity index (χ2n) is 8.49. The molecule has 1 aromatic heterocycles. The molecule has 0 spiro atoms. The van der Waals surface area contributed by atoms with Gasteiger partial charge in [0.1, 0.15) is 10.6 Å². The lowest BCUT2D eigenvalue weighted by Crippen LogP contribution is -2.16. The third-order valence-electron chi connectivity index (χ3n) is 5.94. The van der Waals surface area contributed by atoms with Gasteiger partial charge in [0.15, 0.2) is 0 Å². The Balaban J connectivity index is 1.49. The molecule has 7 nitrogen and oxygen atoms in total. The Hall–Kier alpha value is -4.11. The van der Waals surface area contributed by atoms with Gasteiger partial charge in [0.2, 0.25) is 0 Å². The van der Waals surface area contributed by atoms with Gasteiger partial charge >= 0.3 is 0 Å². The number of pyridine rings is 1. The topological polar surface area (TPSA) is 97.4 Å². The maximum absolute atomic E-state index is 13.5. The van der Waals surface area contributed by atoms with Crippen molar-refractivity contribution in [2.45, 2.75) is 4.90 Å². The maximum Gasteiger partial charge on any atom is 0.263 e. The second kappa shape index (κ2) is 10.9. The number of amides is 1. The summed E-state index contributed by atoms with van der Waals surface area (Å²) >= 11 is 12.4. The number of nitrogens with one attached hydrogen (secondary N) is 2. The molecule has 0 saturated heterocycles. The molecule has 0 aliphatic carbocycles. The molecule has 2 N–H and O–H groups in total. The Morgan fingerprint density at radius 3 is 2.31 bits per heavy atom. The van der Waals surface area contributed by atoms with Crippen molar-refractivity contribution in [1.82, 2.24) is 4.98 Å². The quantitative estimate of drug-likeness (QED) is 0.212. The first kappa shape index (κ1) is 26.5. The van der Waals surface area contributed by atoms with Crippen LogP contribution in [-0.4, -0.2) is 26.4 Å². The van der Waals surface area contributed by atoms with Crippen LogP contribution in [0.2, 0.25) is 10.0 Å². The van der Waals surface area contributed by atoms with Crippen molar-refractivity contribution < 1.29 is 17.9 Å². The summed E-state index contributed by atoms with van der Waals surface area (Å²) in [6.45, 7) is 0. The van der Waals surface area contributed by atoms with Gasteiger partial charge in [-0.15, -0.1) is 0 Å². The lowest BCUT2D eigenvalue weighted by Gasteiger charge is -2.14. The average Bonchev–Trinajstić information content (AvgIpc) is 2.94. The fourth-order valence-corrected chi connectivity index (χ4v) is 5.85. The third kappa shape index (κ3) is 5.68. The van der Waals surface area contributed by atoms with Crippen LogP contribution in [-0.2, 0) is 10.0 Å². The van der Waals surface area contributed by atoms with Gasteiger partial charge in [-0.2, -0.15) is 0 Å². The molecule has 10 heteroatoms. The number of carbonyl (C=O) groups is 1. The molecule has 0 aliphatic heterocycles. The van der Waals surface area contributed by atoms with E-state index in [4.69, 9.17) is 32.9 Å². The third-order valence-corrected chi connectivity index (χ3v) is 8.12. The number of methoxy groups -OCH3 is 1. The summed E-state index contributed by atoms with van der Waals surface area (Å²) in [5, 5.41) is 3.67. The lowest BCUT2D eigenvalue weighted by atomic mass is 10.0. The number of nitrogens with zero attached hydrogens (tertiary/aromatic N) is 1. The first-order chi connectivity index (χ1) is 18.7. The second-order valence-corrected chi connectivity index (χ2v) is 11.0. The predicted octanol–water partition coefficient (Wildman–Crippen LogP) is 7.27. The van der Waals surface area contributed by atoms with Crippen LogP contribution >= 0.6 is 23.2 Å². The summed E-state index contributed by atoms with van der Waals surface area (Å²) in [7, 11) is -2.52. The number of hydrogen-bond acceptors (Lipinski definition) is 5. The zero-order valence-corrected chi connectivity index (χ0v) is 22.8. The van der Waals surface area contributed by atoms with Crippen LogP contribution in [0.15, 0.2) is 102 Å². The minimum absolute atomic E-state index is 0.0105. The molecule has 1 amide bonds. The van der Waals surface area contributed by atoms with Gasteiger partial charge in [-0.3, -0.25) is 9.52 Å². The molecule has 5 aromatic rings. The minimum Gasteiger partial charge on any atom is -0.497 e. The summed E-state index contributed by atoms with van der Waals surface area (Å²) in [6, 6.07) is 27.0. The van der Waals surface area contributed by atoms with Crippen LogP contribution in [0.1, 0.15) is 10.4 Å². The smallest absolute Gasteiger partial charge is 0.263 e. The fraction of sp³-hybridized carbons (Fsp3) is 0.0345. The molecular weight excluding hydrogens is 557 g/mol. The van der Waals surface area contributed by atoms with Crippen LogP contribution in [0.5, 0.6) is 5.75 Å². The lowest BCUT2D eigenvalue weighted by molar-refractivity contribution is 0.102. The predicted molar refractivity (Wildman–Crippen MR) is 155 cm³/mol. The Labute approximate surface area is 235 Å². The molecule has 39 heavy (non-hydrogen) atoms. The summed E-state index contributed by atoms with van der Waals surface area (Å²) in [6.07, 6.45) is 0. The van der Waals surface area contributed by atoms with E-state index in [0.717, 1.165) is 5.56 Å². The molecular formula is C29H21Cl2N3O4S. The maximum atomic E-state index is 13.5. The standard InChI is InChI=1S/C29H21Cl2N3O4S/c1-38-20-13-10-18(11-14-20)27-17-22(21-6-2-4-8-25(21)33-27)29(35)32-19-12-15-24(31)28(16-19)39(36,37)34-26-9-5-3-7-23(26)30/h2-17,34H,1H3,(H,32,35). The SMILES string of the molecule is COc1ccc(-c2cc(C(=O)Nc3ccc(Cl)c(S(=O)(=O)Nc4ccccc4Cl)c3)c3ccccc3n2)cc1. The zero-order valence-electron chi connectivity index (χ0n) is 20.5. The Morgan fingerprint density at radius 2 is 1.56 bits per heavy atom. The molecule has 5 rings (SSSR count). The van der Waals surface area contributed by atoms with E-state index in [9.17, 15) is 13.2 Å². The van der Waals surface area contributed by atoms with Crippen molar-refractivity contribution in [1.29, 1.82) is 0 Å². The molecule has 196 valence electrons. The number of sulfonamides is 1. The molecule has 0 saturated carbocycles. The highest BCUT2D eigenvalue weighted by Gasteiger charge is 2.21. The molecule has 4 aromatic carbocycles. The molecule has 0 unspecified atom stereocenters. The number of benzene rings is 4. The molecule has 0 fully saturated rings. The Bertz CT molecular complexity index is 1810. The van der Waals surface area contributed by atoms with E-state index in [-0.39, 0.29) is 26.3 Å². The number of aromatic nitrogens is 1. The number of anilines is 2. The summed E-state index contributed by atoms with van der Waals surface area (Å²) in [5.74, 6) is 0.267. The van der Waals surface area contributed by atoms with Crippen LogP contribution < -0.4 is 14.8 Å². The van der Waals surface area contributed by atoms with Gasteiger partial charge in [-0.1, -0.05) is 53.5 Å². The van der Waals surface area contributed by atoms with Gasteiger partial charge in [-0.25, -0.2) is 13.4 Å². The summed E-state index contributed by atoms with van der Waals surface area (Å²) in [5.41, 5.74) is 2.88. The van der Waals surface area contributed by atoms with Crippen LogP contribution in [0.25, 0.3) is 22.2 Å². The number of ether oxygens (including phenoxy) is 1. The number of fused-ring (bicyclic) bond motifs is 1. The molecule has 0 aliphatic rings. The number of halogens is 2. The highest BCUT2D eigenvalue weighted by atomic mass is 35.5.